The Hall–Kier alpha value is -1.69. The molecule has 1 unspecified atom stereocenters. The topological polar surface area (TPSA) is 57.7 Å². The number of piperazine rings is 1. The van der Waals surface area contributed by atoms with Crippen LogP contribution in [0.4, 0.5) is 0 Å². The zero-order valence-electron chi connectivity index (χ0n) is 11.3. The molecule has 3 heterocycles. The van der Waals surface area contributed by atoms with Gasteiger partial charge < -0.3 is 9.80 Å². The summed E-state index contributed by atoms with van der Waals surface area (Å²) in [6.45, 7) is 2.65. The van der Waals surface area contributed by atoms with Crippen LogP contribution in [0.25, 0.3) is 0 Å². The van der Waals surface area contributed by atoms with Gasteiger partial charge in [0.2, 0.25) is 11.8 Å². The maximum Gasteiger partial charge on any atom is 0.246 e. The molecule has 1 aromatic rings. The Kier molecular flexibility index (Phi) is 3.33. The predicted molar refractivity (Wildman–Crippen MR) is 74.7 cm³/mol. The zero-order chi connectivity index (χ0) is 14.3. The van der Waals surface area contributed by atoms with E-state index >= 15 is 0 Å². The average molecular weight is 292 g/mol. The summed E-state index contributed by atoms with van der Waals surface area (Å²) < 4.78 is 0. The third-order valence-electron chi connectivity index (χ3n) is 3.85. The van der Waals surface area contributed by atoms with Crippen LogP contribution in [0.3, 0.4) is 0 Å². The van der Waals surface area contributed by atoms with Crippen molar-refractivity contribution in [2.45, 2.75) is 25.8 Å². The highest BCUT2D eigenvalue weighted by molar-refractivity contribution is 7.14. The van der Waals surface area contributed by atoms with E-state index in [0.29, 0.717) is 17.8 Å². The highest BCUT2D eigenvalue weighted by Gasteiger charge is 2.42. The Morgan fingerprint density at radius 1 is 1.40 bits per heavy atom. The summed E-state index contributed by atoms with van der Waals surface area (Å²) in [6.07, 6.45) is 1.58. The van der Waals surface area contributed by atoms with Gasteiger partial charge in [0.15, 0.2) is 5.78 Å². The van der Waals surface area contributed by atoms with Crippen LogP contribution in [0.5, 0.6) is 0 Å². The van der Waals surface area contributed by atoms with E-state index in [9.17, 15) is 14.4 Å². The van der Waals surface area contributed by atoms with E-state index in [4.69, 9.17) is 0 Å². The van der Waals surface area contributed by atoms with Gasteiger partial charge in [0.25, 0.3) is 0 Å². The number of nitrogens with zero attached hydrogens (tertiary/aromatic N) is 2. The van der Waals surface area contributed by atoms with Gasteiger partial charge in [0, 0.05) is 11.4 Å². The van der Waals surface area contributed by atoms with E-state index < -0.39 is 0 Å². The molecular weight excluding hydrogens is 276 g/mol. The molecule has 2 aliphatic heterocycles. The van der Waals surface area contributed by atoms with Crippen LogP contribution >= 0.6 is 11.3 Å². The highest BCUT2D eigenvalue weighted by atomic mass is 32.1. The van der Waals surface area contributed by atoms with Gasteiger partial charge in [-0.25, -0.2) is 0 Å². The minimum atomic E-state index is -0.339. The molecule has 0 aromatic carbocycles. The Balaban J connectivity index is 1.72. The van der Waals surface area contributed by atoms with E-state index in [-0.39, 0.29) is 36.7 Å². The van der Waals surface area contributed by atoms with Crippen molar-refractivity contribution in [3.05, 3.63) is 21.9 Å². The lowest BCUT2D eigenvalue weighted by atomic mass is 10.1. The molecule has 5 nitrogen and oxygen atoms in total. The highest BCUT2D eigenvalue weighted by Crippen LogP contribution is 2.24. The zero-order valence-corrected chi connectivity index (χ0v) is 12.1. The Labute approximate surface area is 121 Å². The van der Waals surface area contributed by atoms with Crippen molar-refractivity contribution in [1.29, 1.82) is 0 Å². The number of amides is 2. The van der Waals surface area contributed by atoms with Crippen LogP contribution in [0.2, 0.25) is 0 Å². The fraction of sp³-hybridized carbons (Fsp3) is 0.500. The number of aryl methyl sites for hydroxylation is 1. The SMILES string of the molecule is Cc1ccc(C(=O)CN2CC(=O)N3CCCC3C2=O)s1. The quantitative estimate of drug-likeness (QED) is 0.783. The van der Waals surface area contributed by atoms with Crippen LogP contribution in [-0.4, -0.2) is 53.1 Å². The van der Waals surface area contributed by atoms with Gasteiger partial charge in [-0.1, -0.05) is 0 Å². The lowest BCUT2D eigenvalue weighted by Gasteiger charge is -2.35. The second kappa shape index (κ2) is 5.01. The summed E-state index contributed by atoms with van der Waals surface area (Å²) >= 11 is 1.42. The predicted octanol–water partition coefficient (Wildman–Crippen LogP) is 1.07. The molecule has 0 bridgehead atoms. The second-order valence-electron chi connectivity index (χ2n) is 5.27. The number of carbonyl (C=O) groups excluding carboxylic acids is 3. The maximum absolute atomic E-state index is 12.3. The third kappa shape index (κ3) is 2.24. The molecule has 0 N–H and O–H groups in total. The van der Waals surface area contributed by atoms with Gasteiger partial charge in [-0.05, 0) is 31.9 Å². The number of thiophene rings is 1. The fourth-order valence-corrected chi connectivity index (χ4v) is 3.63. The number of carbonyl (C=O) groups is 3. The molecule has 0 saturated carbocycles. The smallest absolute Gasteiger partial charge is 0.246 e. The number of hydrogen-bond donors (Lipinski definition) is 0. The maximum atomic E-state index is 12.3. The molecule has 20 heavy (non-hydrogen) atoms. The molecule has 2 amide bonds. The molecule has 0 spiro atoms. The first-order chi connectivity index (χ1) is 9.56. The average Bonchev–Trinajstić information content (AvgIpc) is 3.04. The van der Waals surface area contributed by atoms with Gasteiger partial charge in [-0.2, -0.15) is 0 Å². The van der Waals surface area contributed by atoms with Crippen molar-refractivity contribution in [2.24, 2.45) is 0 Å². The molecule has 3 rings (SSSR count). The Morgan fingerprint density at radius 2 is 2.20 bits per heavy atom. The normalized spacial score (nSPS) is 22.4. The molecule has 6 heteroatoms. The number of rotatable bonds is 3. The second-order valence-corrected chi connectivity index (χ2v) is 6.56. The molecule has 1 atom stereocenters. The van der Waals surface area contributed by atoms with Gasteiger partial charge in [0.05, 0.1) is 11.4 Å². The first-order valence-electron chi connectivity index (χ1n) is 6.74. The first kappa shape index (κ1) is 13.3. The Morgan fingerprint density at radius 3 is 2.90 bits per heavy atom. The lowest BCUT2D eigenvalue weighted by Crippen LogP contribution is -2.58. The largest absolute Gasteiger partial charge is 0.329 e. The number of ketones is 1. The van der Waals surface area contributed by atoms with Crippen molar-refractivity contribution in [1.82, 2.24) is 9.80 Å². The van der Waals surface area contributed by atoms with Crippen molar-refractivity contribution in [2.75, 3.05) is 19.6 Å². The number of fused-ring (bicyclic) bond motifs is 1. The number of hydrogen-bond acceptors (Lipinski definition) is 4. The molecule has 0 aliphatic carbocycles. The van der Waals surface area contributed by atoms with Gasteiger partial charge in [-0.3, -0.25) is 14.4 Å². The van der Waals surface area contributed by atoms with Gasteiger partial charge >= 0.3 is 0 Å². The minimum Gasteiger partial charge on any atom is -0.329 e. The summed E-state index contributed by atoms with van der Waals surface area (Å²) in [7, 11) is 0. The van der Waals surface area contributed by atoms with E-state index in [1.807, 2.05) is 13.0 Å². The van der Waals surface area contributed by atoms with Crippen molar-refractivity contribution in [3.63, 3.8) is 0 Å². The molecule has 106 valence electrons. The van der Waals surface area contributed by atoms with Crippen LogP contribution in [0, 0.1) is 6.92 Å². The van der Waals surface area contributed by atoms with Gasteiger partial charge in [-0.15, -0.1) is 11.3 Å². The lowest BCUT2D eigenvalue weighted by molar-refractivity contribution is -0.152. The first-order valence-corrected chi connectivity index (χ1v) is 7.56. The molecular formula is C14H16N2O3S. The molecule has 2 aliphatic rings. The van der Waals surface area contributed by atoms with E-state index in [2.05, 4.69) is 0 Å². The van der Waals surface area contributed by atoms with Gasteiger partial charge in [0.1, 0.15) is 12.6 Å². The van der Waals surface area contributed by atoms with Crippen LogP contribution < -0.4 is 0 Å². The van der Waals surface area contributed by atoms with Crippen molar-refractivity contribution in [3.8, 4) is 0 Å². The molecule has 2 saturated heterocycles. The Bertz CT molecular complexity index is 581. The van der Waals surface area contributed by atoms with Crippen molar-refractivity contribution >= 4 is 28.9 Å². The summed E-state index contributed by atoms with van der Waals surface area (Å²) in [5.41, 5.74) is 0. The van der Waals surface area contributed by atoms with E-state index in [1.165, 1.54) is 16.2 Å². The third-order valence-corrected chi connectivity index (χ3v) is 4.89. The summed E-state index contributed by atoms with van der Waals surface area (Å²) in [5, 5.41) is 0. The fourth-order valence-electron chi connectivity index (χ4n) is 2.83. The minimum absolute atomic E-state index is 0.00880. The van der Waals surface area contributed by atoms with Crippen LogP contribution in [-0.2, 0) is 9.59 Å². The monoisotopic (exact) mass is 292 g/mol. The van der Waals surface area contributed by atoms with Crippen molar-refractivity contribution < 1.29 is 14.4 Å². The molecule has 2 fully saturated rings. The standard InChI is InChI=1S/C14H16N2O3S/c1-9-4-5-12(20-9)11(17)7-15-8-13(18)16-6-2-3-10(16)14(15)19/h4-5,10H,2-3,6-8H2,1H3. The van der Waals surface area contributed by atoms with E-state index in [0.717, 1.165) is 11.3 Å². The summed E-state index contributed by atoms with van der Waals surface area (Å²) in [6, 6.07) is 3.33. The number of Topliss-reactive ketones (excluding diaryl/α,β-unsaturated/α-hetero) is 1. The summed E-state index contributed by atoms with van der Waals surface area (Å²) in [4.78, 5) is 41.2. The van der Waals surface area contributed by atoms with E-state index in [1.54, 1.807) is 11.0 Å². The van der Waals surface area contributed by atoms with Crippen LogP contribution in [0.15, 0.2) is 12.1 Å². The molecule has 0 radical (unpaired) electrons. The summed E-state index contributed by atoms with van der Waals surface area (Å²) in [5.74, 6) is -0.207. The molecule has 1 aromatic heterocycles. The van der Waals surface area contributed by atoms with Crippen LogP contribution in [0.1, 0.15) is 27.4 Å².